The van der Waals surface area contributed by atoms with E-state index in [4.69, 9.17) is 10.2 Å². The number of nitrogens with zero attached hydrogens (tertiary/aromatic N) is 3. The van der Waals surface area contributed by atoms with Crippen molar-refractivity contribution < 1.29 is 37.1 Å². The molecule has 0 aliphatic carbocycles. The number of carboxylic acids is 1. The number of likely N-dealkylation sites (N-methyl/N-ethyl adjacent to an activating group) is 1. The predicted octanol–water partition coefficient (Wildman–Crippen LogP) is -1.71. The molecule has 2 aliphatic heterocycles. The van der Waals surface area contributed by atoms with Crippen molar-refractivity contribution in [2.24, 2.45) is 5.14 Å². The molecule has 12 nitrogen and oxygen atoms in total. The third-order valence-corrected chi connectivity index (χ3v) is 4.25. The van der Waals surface area contributed by atoms with Gasteiger partial charge >= 0.3 is 18.4 Å². The molecule has 4 N–H and O–H groups in total. The zero-order chi connectivity index (χ0) is 19.8. The summed E-state index contributed by atoms with van der Waals surface area (Å²) in [4.78, 5) is 43.0. The van der Waals surface area contributed by atoms with E-state index in [0.29, 0.717) is 10.6 Å². The average molecular weight is 395 g/mol. The lowest BCUT2D eigenvalue weighted by Gasteiger charge is -2.33. The fourth-order valence-electron chi connectivity index (χ4n) is 2.76. The van der Waals surface area contributed by atoms with Crippen LogP contribution in [0, 0.1) is 0 Å². The summed E-state index contributed by atoms with van der Waals surface area (Å²) in [6.07, 6.45) is -1.30. The minimum absolute atomic E-state index is 0.0636. The van der Waals surface area contributed by atoms with Gasteiger partial charge in [-0.15, -0.1) is 4.83 Å². The number of hydrogen-bond acceptors (Lipinski definition) is 6. The van der Waals surface area contributed by atoms with Gasteiger partial charge in [-0.3, -0.25) is 9.80 Å². The van der Waals surface area contributed by atoms with Crippen molar-refractivity contribution in [2.75, 3.05) is 13.1 Å². The number of aliphatic carboxylic acids is 1. The third kappa shape index (κ3) is 3.92. The van der Waals surface area contributed by atoms with E-state index in [2.05, 4.69) is 4.84 Å². The van der Waals surface area contributed by atoms with Crippen LogP contribution in [-0.4, -0.2) is 77.9 Å². The monoisotopic (exact) mass is 395 g/mol. The summed E-state index contributed by atoms with van der Waals surface area (Å²) in [5, 5.41) is 14.7. The second-order valence-corrected chi connectivity index (χ2v) is 6.89. The fraction of sp³-hybridized carbons (Fsp3) is 0.583. The van der Waals surface area contributed by atoms with Crippen molar-refractivity contribution in [3.63, 3.8) is 0 Å². The molecule has 2 bridgehead atoms. The van der Waals surface area contributed by atoms with E-state index in [9.17, 15) is 27.2 Å². The molecule has 14 heteroatoms. The van der Waals surface area contributed by atoms with Gasteiger partial charge in [0.2, 0.25) is 0 Å². The number of hydroxylamine groups is 2. The first-order valence-electron chi connectivity index (χ1n) is 7.39. The number of halogens is 1. The van der Waals surface area contributed by atoms with Crippen LogP contribution < -0.4 is 9.97 Å². The number of nitrogens with two attached hydrogens (primary N) is 1. The molecule has 0 saturated carbocycles. The number of urea groups is 1. The van der Waals surface area contributed by atoms with E-state index in [1.807, 2.05) is 4.83 Å². The maximum Gasteiger partial charge on any atom is 0.368 e. The SMILES string of the molecule is CCN(NS(N)(=O)=O)C(=O)[C@@H]1C(C)=C[C@@H]2CN1C(=O)N2O[C@@H](F)C(=O)O. The average Bonchev–Trinajstić information content (AvgIpc) is 2.76. The highest BCUT2D eigenvalue weighted by Gasteiger charge is 2.49. The van der Waals surface area contributed by atoms with Gasteiger partial charge in [0.1, 0.15) is 6.04 Å². The molecule has 0 aromatic rings. The summed E-state index contributed by atoms with van der Waals surface area (Å²) >= 11 is 0. The Morgan fingerprint density at radius 2 is 2.19 bits per heavy atom. The number of carbonyl (C=O) groups excluding carboxylic acids is 2. The molecule has 0 unspecified atom stereocenters. The molecule has 1 fully saturated rings. The van der Waals surface area contributed by atoms with Crippen molar-refractivity contribution in [3.8, 4) is 0 Å². The van der Waals surface area contributed by atoms with Crippen LogP contribution in [0.2, 0.25) is 0 Å². The quantitative estimate of drug-likeness (QED) is 0.341. The smallest absolute Gasteiger partial charge is 0.368 e. The highest BCUT2D eigenvalue weighted by Crippen LogP contribution is 2.30. The number of nitrogens with one attached hydrogen (secondary N) is 1. The molecule has 0 spiro atoms. The van der Waals surface area contributed by atoms with Gasteiger partial charge in [0.25, 0.3) is 16.1 Å². The van der Waals surface area contributed by atoms with Crippen LogP contribution in [0.3, 0.4) is 0 Å². The Kier molecular flexibility index (Phi) is 5.50. The Bertz CT molecular complexity index is 757. The number of rotatable bonds is 7. The molecular weight excluding hydrogens is 377 g/mol. The van der Waals surface area contributed by atoms with Gasteiger partial charge in [0, 0.05) is 6.54 Å². The third-order valence-electron chi connectivity index (χ3n) is 3.77. The highest BCUT2D eigenvalue weighted by atomic mass is 32.2. The molecule has 0 radical (unpaired) electrons. The molecule has 2 heterocycles. The summed E-state index contributed by atoms with van der Waals surface area (Å²) in [5.41, 5.74) is 0.381. The number of carboxylic acid groups (broad SMARTS) is 1. The van der Waals surface area contributed by atoms with Crippen LogP contribution in [0.4, 0.5) is 9.18 Å². The number of fused-ring (bicyclic) bond motifs is 2. The van der Waals surface area contributed by atoms with Crippen molar-refractivity contribution in [1.29, 1.82) is 0 Å². The van der Waals surface area contributed by atoms with E-state index < -0.39 is 46.6 Å². The summed E-state index contributed by atoms with van der Waals surface area (Å²) < 4.78 is 35.7. The zero-order valence-corrected chi connectivity index (χ0v) is 14.6. The molecule has 26 heavy (non-hydrogen) atoms. The van der Waals surface area contributed by atoms with Crippen molar-refractivity contribution in [3.05, 3.63) is 11.6 Å². The largest absolute Gasteiger partial charge is 0.477 e. The minimum atomic E-state index is -4.22. The Morgan fingerprint density at radius 1 is 1.58 bits per heavy atom. The lowest BCUT2D eigenvalue weighted by Crippen LogP contribution is -2.57. The van der Waals surface area contributed by atoms with Crippen LogP contribution in [0.1, 0.15) is 13.8 Å². The van der Waals surface area contributed by atoms with Crippen LogP contribution in [0.25, 0.3) is 0 Å². The second-order valence-electron chi connectivity index (χ2n) is 5.62. The van der Waals surface area contributed by atoms with Crippen LogP contribution in [-0.2, 0) is 24.6 Å². The topological polar surface area (TPSA) is 163 Å². The van der Waals surface area contributed by atoms with E-state index in [1.165, 1.54) is 19.9 Å². The van der Waals surface area contributed by atoms with Gasteiger partial charge in [-0.2, -0.15) is 13.5 Å². The van der Waals surface area contributed by atoms with Crippen molar-refractivity contribution in [1.82, 2.24) is 19.8 Å². The molecule has 2 rings (SSSR count). The second kappa shape index (κ2) is 7.14. The number of amides is 3. The van der Waals surface area contributed by atoms with Gasteiger partial charge in [-0.25, -0.2) is 24.0 Å². The maximum atomic E-state index is 13.3. The summed E-state index contributed by atoms with van der Waals surface area (Å²) in [7, 11) is -4.22. The summed E-state index contributed by atoms with van der Waals surface area (Å²) in [5.74, 6) is -2.68. The Balaban J connectivity index is 2.25. The maximum absolute atomic E-state index is 13.3. The van der Waals surface area contributed by atoms with E-state index in [1.54, 1.807) is 0 Å². The van der Waals surface area contributed by atoms with Crippen LogP contribution >= 0.6 is 0 Å². The van der Waals surface area contributed by atoms with Crippen LogP contribution in [0.5, 0.6) is 0 Å². The standard InChI is InChI=1S/C12H18FN5O7S/c1-3-17(15-26(14,23)24)10(19)8-6(2)4-7-5-16(8)12(22)18(7)25-9(13)11(20)21/h4,7-9,15H,3,5H2,1-2H3,(H,20,21)(H2,14,23,24)/t7-,8+,9-/m1/s1. The van der Waals surface area contributed by atoms with Crippen molar-refractivity contribution >= 4 is 28.1 Å². The van der Waals surface area contributed by atoms with Crippen molar-refractivity contribution in [2.45, 2.75) is 32.3 Å². The summed E-state index contributed by atoms with van der Waals surface area (Å²) in [6.45, 7) is 2.87. The van der Waals surface area contributed by atoms with E-state index in [-0.39, 0.29) is 13.1 Å². The molecule has 2 aliphatic rings. The predicted molar refractivity (Wildman–Crippen MR) is 82.5 cm³/mol. The normalized spacial score (nSPS) is 23.7. The van der Waals surface area contributed by atoms with Gasteiger partial charge < -0.3 is 10.0 Å². The van der Waals surface area contributed by atoms with E-state index in [0.717, 1.165) is 9.91 Å². The number of hydrazine groups is 1. The van der Waals surface area contributed by atoms with Gasteiger partial charge in [0.05, 0.1) is 12.6 Å². The first-order valence-corrected chi connectivity index (χ1v) is 8.94. The molecular formula is C12H18FN5O7S. The molecule has 0 aromatic heterocycles. The van der Waals surface area contributed by atoms with E-state index >= 15 is 0 Å². The van der Waals surface area contributed by atoms with Gasteiger partial charge in [-0.1, -0.05) is 6.08 Å². The Labute approximate surface area is 148 Å². The first-order chi connectivity index (χ1) is 12.0. The molecule has 146 valence electrons. The number of alkyl halides is 1. The number of carbonyl (C=O) groups is 3. The highest BCUT2D eigenvalue weighted by molar-refractivity contribution is 7.87. The number of hydrogen-bond donors (Lipinski definition) is 3. The molecule has 3 amide bonds. The van der Waals surface area contributed by atoms with Gasteiger partial charge in [-0.05, 0) is 19.4 Å². The lowest BCUT2D eigenvalue weighted by molar-refractivity contribution is -0.219. The molecule has 0 aromatic carbocycles. The molecule has 3 atom stereocenters. The Hall–Kier alpha value is -2.29. The first kappa shape index (κ1) is 20.0. The summed E-state index contributed by atoms with van der Waals surface area (Å²) in [6, 6.07) is -2.88. The minimum Gasteiger partial charge on any atom is -0.477 e. The fourth-order valence-corrected chi connectivity index (χ4v) is 3.29. The molecule has 1 saturated heterocycles. The lowest BCUT2D eigenvalue weighted by atomic mass is 10.00. The van der Waals surface area contributed by atoms with Crippen LogP contribution in [0.15, 0.2) is 11.6 Å². The van der Waals surface area contributed by atoms with Gasteiger partial charge in [0.15, 0.2) is 0 Å². The Morgan fingerprint density at radius 3 is 2.69 bits per heavy atom. The zero-order valence-electron chi connectivity index (χ0n) is 13.8.